The standard InChI is InChI=1S/C28H30FN3O4S/c1-36-28(33)25-16-20-14-19(20)15-24(25)27-26(17-32(30-27)23-8-4-21(29)5-9-23)18-2-6-22(7-3-18)31-10-12-37(34,35)13-11-31/h2-9,17,19-20,24-25H,10-16H2,1H3/t19?,20?,24-,25-/m1/s1. The number of carbonyl (C=O) groups excluding carboxylic acids is 1. The monoisotopic (exact) mass is 523 g/mol. The summed E-state index contributed by atoms with van der Waals surface area (Å²) in [6, 6.07) is 14.3. The van der Waals surface area contributed by atoms with Crippen LogP contribution in [0.15, 0.2) is 54.7 Å². The van der Waals surface area contributed by atoms with Crippen molar-refractivity contribution in [3.63, 3.8) is 0 Å². The number of methoxy groups -OCH3 is 1. The maximum atomic E-state index is 13.6. The third-order valence-corrected chi connectivity index (χ3v) is 9.85. The van der Waals surface area contributed by atoms with E-state index in [1.54, 1.807) is 16.8 Å². The number of fused-ring (bicyclic) bond motifs is 1. The lowest BCUT2D eigenvalue weighted by Gasteiger charge is -2.29. The number of nitrogens with zero attached hydrogens (tertiary/aromatic N) is 3. The van der Waals surface area contributed by atoms with Crippen LogP contribution < -0.4 is 4.90 Å². The molecule has 7 nitrogen and oxygen atoms in total. The normalized spacial score (nSPS) is 26.4. The van der Waals surface area contributed by atoms with Crippen LogP contribution in [-0.2, 0) is 19.4 Å². The number of hydrogen-bond acceptors (Lipinski definition) is 6. The van der Waals surface area contributed by atoms with E-state index in [1.807, 2.05) is 30.5 Å². The minimum absolute atomic E-state index is 0.0557. The predicted octanol–water partition coefficient (Wildman–Crippen LogP) is 4.22. The average molecular weight is 524 g/mol. The molecule has 2 aliphatic carbocycles. The molecule has 0 N–H and O–H groups in total. The molecule has 194 valence electrons. The largest absolute Gasteiger partial charge is 0.469 e. The van der Waals surface area contributed by atoms with Gasteiger partial charge in [0.25, 0.3) is 0 Å². The first-order valence-electron chi connectivity index (χ1n) is 12.8. The maximum absolute atomic E-state index is 13.6. The van der Waals surface area contributed by atoms with E-state index in [-0.39, 0.29) is 35.1 Å². The van der Waals surface area contributed by atoms with Crippen molar-refractivity contribution in [3.8, 4) is 16.8 Å². The first-order chi connectivity index (χ1) is 17.8. The zero-order valence-electron chi connectivity index (χ0n) is 20.7. The SMILES string of the molecule is COC(=O)[C@@H]1CC2CC2C[C@H]1c1nn(-c2ccc(F)cc2)cc1-c1ccc(N2CCS(=O)(=O)CC2)cc1. The van der Waals surface area contributed by atoms with E-state index in [0.717, 1.165) is 47.5 Å². The number of ether oxygens (including phenoxy) is 1. The zero-order chi connectivity index (χ0) is 25.7. The Hall–Kier alpha value is -3.20. The topological polar surface area (TPSA) is 81.5 Å². The van der Waals surface area contributed by atoms with Crippen LogP contribution in [0.4, 0.5) is 10.1 Å². The molecule has 2 heterocycles. The Bertz CT molecular complexity index is 1400. The molecule has 3 aromatic rings. The van der Waals surface area contributed by atoms with Crippen LogP contribution in [0.3, 0.4) is 0 Å². The van der Waals surface area contributed by atoms with Crippen LogP contribution in [0.25, 0.3) is 16.8 Å². The number of halogens is 1. The summed E-state index contributed by atoms with van der Waals surface area (Å²) in [6.45, 7) is 0.974. The minimum Gasteiger partial charge on any atom is -0.469 e. The van der Waals surface area contributed by atoms with Gasteiger partial charge in [-0.2, -0.15) is 5.10 Å². The lowest BCUT2D eigenvalue weighted by molar-refractivity contribution is -0.147. The first kappa shape index (κ1) is 24.2. The second-order valence-electron chi connectivity index (χ2n) is 10.5. The van der Waals surface area contributed by atoms with Crippen molar-refractivity contribution in [2.45, 2.75) is 25.2 Å². The molecule has 1 saturated heterocycles. The molecule has 1 aromatic heterocycles. The fourth-order valence-corrected chi connectivity index (χ4v) is 7.22. The molecule has 0 bridgehead atoms. The number of hydrogen-bond donors (Lipinski definition) is 0. The van der Waals surface area contributed by atoms with E-state index >= 15 is 0 Å². The van der Waals surface area contributed by atoms with Gasteiger partial charge in [0.05, 0.1) is 35.9 Å². The highest BCUT2D eigenvalue weighted by Gasteiger charge is 2.50. The Morgan fingerprint density at radius 2 is 1.59 bits per heavy atom. The summed E-state index contributed by atoms with van der Waals surface area (Å²) in [4.78, 5) is 14.9. The van der Waals surface area contributed by atoms with Gasteiger partial charge in [0, 0.05) is 36.5 Å². The van der Waals surface area contributed by atoms with Crippen LogP contribution in [0.2, 0.25) is 0 Å². The van der Waals surface area contributed by atoms with Crippen LogP contribution in [0.1, 0.15) is 30.9 Å². The van der Waals surface area contributed by atoms with Crippen molar-refractivity contribution in [1.29, 1.82) is 0 Å². The van der Waals surface area contributed by atoms with E-state index in [0.29, 0.717) is 24.9 Å². The zero-order valence-corrected chi connectivity index (χ0v) is 21.5. The summed E-state index contributed by atoms with van der Waals surface area (Å²) in [6.07, 6.45) is 4.83. The van der Waals surface area contributed by atoms with Gasteiger partial charge in [0.2, 0.25) is 0 Å². The van der Waals surface area contributed by atoms with Crippen molar-refractivity contribution in [2.75, 3.05) is 36.6 Å². The highest BCUT2D eigenvalue weighted by Crippen LogP contribution is 2.57. The summed E-state index contributed by atoms with van der Waals surface area (Å²) in [5, 5.41) is 4.97. The van der Waals surface area contributed by atoms with Gasteiger partial charge in [0.1, 0.15) is 5.82 Å². The lowest BCUT2D eigenvalue weighted by Crippen LogP contribution is -2.40. The number of sulfone groups is 1. The number of carbonyl (C=O) groups is 1. The van der Waals surface area contributed by atoms with E-state index in [2.05, 4.69) is 4.90 Å². The number of benzene rings is 2. The summed E-state index contributed by atoms with van der Waals surface area (Å²) in [7, 11) is -1.50. The van der Waals surface area contributed by atoms with E-state index in [1.165, 1.54) is 19.2 Å². The van der Waals surface area contributed by atoms with Crippen molar-refractivity contribution >= 4 is 21.5 Å². The molecule has 2 aromatic carbocycles. The Labute approximate surface area is 216 Å². The van der Waals surface area contributed by atoms with Gasteiger partial charge in [-0.3, -0.25) is 4.79 Å². The Morgan fingerprint density at radius 3 is 2.27 bits per heavy atom. The third-order valence-electron chi connectivity index (χ3n) is 8.25. The van der Waals surface area contributed by atoms with Crippen molar-refractivity contribution in [2.24, 2.45) is 17.8 Å². The van der Waals surface area contributed by atoms with Gasteiger partial charge in [-0.05, 0) is 73.1 Å². The van der Waals surface area contributed by atoms with Crippen molar-refractivity contribution in [1.82, 2.24) is 9.78 Å². The molecule has 37 heavy (non-hydrogen) atoms. The van der Waals surface area contributed by atoms with Crippen molar-refractivity contribution in [3.05, 3.63) is 66.2 Å². The average Bonchev–Trinajstić information content (AvgIpc) is 3.54. The molecule has 0 spiro atoms. The number of aromatic nitrogens is 2. The van der Waals surface area contributed by atoms with Crippen LogP contribution in [0.5, 0.6) is 0 Å². The smallest absolute Gasteiger partial charge is 0.309 e. The molecule has 2 unspecified atom stereocenters. The maximum Gasteiger partial charge on any atom is 0.309 e. The van der Waals surface area contributed by atoms with Gasteiger partial charge in [-0.1, -0.05) is 12.1 Å². The molecule has 3 aliphatic rings. The first-order valence-corrected chi connectivity index (χ1v) is 14.6. The molecule has 9 heteroatoms. The summed E-state index contributed by atoms with van der Waals surface area (Å²) in [5.41, 5.74) is 4.50. The lowest BCUT2D eigenvalue weighted by atomic mass is 9.76. The number of anilines is 1. The Morgan fingerprint density at radius 1 is 0.946 bits per heavy atom. The highest BCUT2D eigenvalue weighted by molar-refractivity contribution is 7.91. The fourth-order valence-electron chi connectivity index (χ4n) is 6.01. The second kappa shape index (κ2) is 9.28. The van der Waals surface area contributed by atoms with E-state index in [4.69, 9.17) is 9.84 Å². The van der Waals surface area contributed by atoms with Crippen LogP contribution in [0, 0.1) is 23.6 Å². The molecule has 3 fully saturated rings. The molecular formula is C28H30FN3O4S. The molecule has 6 rings (SSSR count). The third kappa shape index (κ3) is 4.77. The van der Waals surface area contributed by atoms with Gasteiger partial charge < -0.3 is 9.64 Å². The number of rotatable bonds is 5. The van der Waals surface area contributed by atoms with Gasteiger partial charge in [0.15, 0.2) is 9.84 Å². The van der Waals surface area contributed by atoms with Crippen LogP contribution in [-0.4, -0.2) is 55.9 Å². The molecule has 2 saturated carbocycles. The van der Waals surface area contributed by atoms with Gasteiger partial charge >= 0.3 is 5.97 Å². The molecule has 1 aliphatic heterocycles. The van der Waals surface area contributed by atoms with Gasteiger partial charge in [-0.25, -0.2) is 17.5 Å². The van der Waals surface area contributed by atoms with E-state index in [9.17, 15) is 17.6 Å². The summed E-state index contributed by atoms with van der Waals surface area (Å²) in [5.74, 6) is 0.759. The highest BCUT2D eigenvalue weighted by atomic mass is 32.2. The Kier molecular flexibility index (Phi) is 6.06. The summed E-state index contributed by atoms with van der Waals surface area (Å²) < 4.78 is 44.2. The van der Waals surface area contributed by atoms with Crippen molar-refractivity contribution < 1.29 is 22.3 Å². The molecular weight excluding hydrogens is 493 g/mol. The minimum atomic E-state index is -2.95. The van der Waals surface area contributed by atoms with Crippen LogP contribution >= 0.6 is 0 Å². The van der Waals surface area contributed by atoms with Gasteiger partial charge in [-0.15, -0.1) is 0 Å². The molecule has 4 atom stereocenters. The number of esters is 1. The quantitative estimate of drug-likeness (QED) is 0.466. The Balaban J connectivity index is 1.37. The predicted molar refractivity (Wildman–Crippen MR) is 139 cm³/mol. The summed E-state index contributed by atoms with van der Waals surface area (Å²) >= 11 is 0. The van der Waals surface area contributed by atoms with E-state index < -0.39 is 9.84 Å². The fraction of sp³-hybridized carbons (Fsp3) is 0.429. The molecule has 0 amide bonds. The molecule has 0 radical (unpaired) electrons. The second-order valence-corrected chi connectivity index (χ2v) is 12.8.